The van der Waals surface area contributed by atoms with Crippen LogP contribution in [-0.4, -0.2) is 157 Å². The predicted octanol–water partition coefficient (Wildman–Crippen LogP) is 5.22. The van der Waals surface area contributed by atoms with Gasteiger partial charge in [-0.2, -0.15) is 0 Å². The highest BCUT2D eigenvalue weighted by atomic mass is 16.6. The Bertz CT molecular complexity index is 2090. The van der Waals surface area contributed by atoms with Crippen LogP contribution < -0.4 is 27.1 Å². The molecule has 0 fully saturated rings. The molecule has 3 aromatic rings. The van der Waals surface area contributed by atoms with Crippen LogP contribution in [0.5, 0.6) is 0 Å². The Morgan fingerprint density at radius 3 is 1.70 bits per heavy atom. The van der Waals surface area contributed by atoms with E-state index < -0.39 is 71.1 Å². The van der Waals surface area contributed by atoms with Gasteiger partial charge in [0.25, 0.3) is 5.91 Å². The third-order valence-electron chi connectivity index (χ3n) is 11.3. The average Bonchev–Trinajstić information content (AvgIpc) is 3.35. The van der Waals surface area contributed by atoms with Gasteiger partial charge in [0.2, 0.25) is 5.91 Å². The number of benzene rings is 2. The quantitative estimate of drug-likeness (QED) is 0.0227. The molecule has 6 N–H and O–H groups in total. The van der Waals surface area contributed by atoms with Gasteiger partial charge in [-0.1, -0.05) is 116 Å². The summed E-state index contributed by atoms with van der Waals surface area (Å²) in [5, 5.41) is 10.1. The second-order valence-electron chi connectivity index (χ2n) is 20.2. The molecule has 0 radical (unpaired) electrons. The first-order valence-electron chi connectivity index (χ1n) is 25.2. The maximum Gasteiger partial charge on any atom is 0.407 e. The monoisotopic (exact) mass is 1040 g/mol. The third-order valence-corrected chi connectivity index (χ3v) is 11.3. The second-order valence-corrected chi connectivity index (χ2v) is 20.2. The molecule has 1 heterocycles. The number of nitrogens with zero attached hydrogens (tertiary/aromatic N) is 2. The molecule has 20 nitrogen and oxygen atoms in total. The summed E-state index contributed by atoms with van der Waals surface area (Å²) in [6, 6.07) is 18.3. The third kappa shape index (κ3) is 24.5. The highest BCUT2D eigenvalue weighted by Crippen LogP contribution is 2.24. The summed E-state index contributed by atoms with van der Waals surface area (Å²) in [7, 11) is 2.82. The van der Waals surface area contributed by atoms with Gasteiger partial charge in [-0.05, 0) is 52.8 Å². The number of amides is 4. The minimum absolute atomic E-state index is 0.0509. The average molecular weight is 1040 g/mol. The van der Waals surface area contributed by atoms with Gasteiger partial charge in [-0.3, -0.25) is 24.8 Å². The van der Waals surface area contributed by atoms with Crippen LogP contribution in [0.15, 0.2) is 79.0 Å². The molecule has 2 aromatic carbocycles. The van der Waals surface area contributed by atoms with E-state index in [-0.39, 0.29) is 45.2 Å². The summed E-state index contributed by atoms with van der Waals surface area (Å²) in [6.07, 6.45) is -0.646. The first kappa shape index (κ1) is 62.6. The number of ether oxygens (including phenoxy) is 8. The summed E-state index contributed by atoms with van der Waals surface area (Å²) in [4.78, 5) is 73.4. The molecule has 0 aliphatic heterocycles. The van der Waals surface area contributed by atoms with E-state index in [4.69, 9.17) is 43.6 Å². The number of pyridine rings is 1. The Labute approximate surface area is 437 Å². The Morgan fingerprint density at radius 2 is 1.18 bits per heavy atom. The molecule has 3 rings (SSSR count). The van der Waals surface area contributed by atoms with E-state index in [9.17, 15) is 24.0 Å². The lowest BCUT2D eigenvalue weighted by molar-refractivity contribution is -0.156. The number of aromatic nitrogens is 1. The normalized spacial score (nSPS) is 13.8. The second kappa shape index (κ2) is 33.2. The van der Waals surface area contributed by atoms with Crippen LogP contribution in [0.4, 0.5) is 9.59 Å². The number of carbonyl (C=O) groups is 5. The zero-order valence-corrected chi connectivity index (χ0v) is 45.1. The van der Waals surface area contributed by atoms with Gasteiger partial charge < -0.3 is 59.6 Å². The lowest BCUT2D eigenvalue weighted by Crippen LogP contribution is -2.61. The minimum atomic E-state index is -1.17. The van der Waals surface area contributed by atoms with Crippen molar-refractivity contribution in [3.05, 3.63) is 90.1 Å². The maximum atomic E-state index is 14.7. The largest absolute Gasteiger partial charge is 0.458 e. The van der Waals surface area contributed by atoms with E-state index in [0.717, 1.165) is 22.4 Å². The Morgan fingerprint density at radius 1 is 0.635 bits per heavy atom. The van der Waals surface area contributed by atoms with Crippen LogP contribution in [0.1, 0.15) is 72.9 Å². The maximum absolute atomic E-state index is 14.7. The zero-order chi connectivity index (χ0) is 54.5. The fraction of sp³-hybridized carbons (Fsp3) is 0.593. The fourth-order valence-electron chi connectivity index (χ4n) is 7.40. The molecule has 74 heavy (non-hydrogen) atoms. The molecule has 4 amide bonds. The Hall–Kier alpha value is -5.74. The van der Waals surface area contributed by atoms with E-state index in [2.05, 4.69) is 26.4 Å². The summed E-state index contributed by atoms with van der Waals surface area (Å²) in [5.74, 6) is -1.83. The molecule has 0 spiro atoms. The van der Waals surface area contributed by atoms with Gasteiger partial charge in [0.15, 0.2) is 0 Å². The lowest BCUT2D eigenvalue weighted by atomic mass is 9.85. The van der Waals surface area contributed by atoms with Crippen LogP contribution >= 0.6 is 0 Å². The van der Waals surface area contributed by atoms with Crippen LogP contribution in [-0.2, 0) is 65.2 Å². The predicted molar refractivity (Wildman–Crippen MR) is 279 cm³/mol. The molecule has 1 aromatic heterocycles. The van der Waals surface area contributed by atoms with Crippen molar-refractivity contribution in [2.75, 3.05) is 86.8 Å². The van der Waals surface area contributed by atoms with Crippen LogP contribution in [0.25, 0.3) is 11.3 Å². The number of hydrogen-bond donors (Lipinski definition) is 5. The minimum Gasteiger partial charge on any atom is -0.458 e. The molecule has 0 unspecified atom stereocenters. The van der Waals surface area contributed by atoms with Gasteiger partial charge in [0.05, 0.1) is 84.9 Å². The topological polar surface area (TPSA) is 249 Å². The molecule has 0 bridgehead atoms. The van der Waals surface area contributed by atoms with Gasteiger partial charge >= 0.3 is 18.2 Å². The van der Waals surface area contributed by atoms with Crippen molar-refractivity contribution in [3.63, 3.8) is 0 Å². The number of alkyl carbamates (subject to hydrolysis) is 2. The molecule has 5 atom stereocenters. The van der Waals surface area contributed by atoms with Crippen LogP contribution in [0, 0.1) is 16.7 Å². The van der Waals surface area contributed by atoms with Gasteiger partial charge in [0.1, 0.15) is 30.8 Å². The number of nitrogens with one attached hydrogen (secondary N) is 4. The molecule has 412 valence electrons. The van der Waals surface area contributed by atoms with Crippen molar-refractivity contribution in [3.8, 4) is 11.3 Å². The van der Waals surface area contributed by atoms with E-state index in [1.165, 1.54) is 7.11 Å². The van der Waals surface area contributed by atoms with Gasteiger partial charge in [0, 0.05) is 25.4 Å². The molecule has 0 aliphatic rings. The highest BCUT2D eigenvalue weighted by Gasteiger charge is 2.39. The standard InChI is InChI=1S/C54H83N7O13/c1-38(2)34-42(55)50(64)74-45(37-61(60-49(63)47(54(6,7)8)58-51(65)68-10)36-40-19-21-41(22-20-40)43-18-14-15-23-56-43)44(35-39-16-12-11-13-17-39)57-48(62)46(53(3,4)5)59-52(66)73-33-32-72-31-30-71-29-28-70-27-26-69-25-24-67-9/h11-23,38,42,44-47H,24-37,55H2,1-10H3,(H,57,62)(H,58,65)(H,59,66)(H,60,63)/t42-,44-,45-,46+,47+/m0/s1. The van der Waals surface area contributed by atoms with Gasteiger partial charge in [-0.25, -0.2) is 14.6 Å². The lowest BCUT2D eigenvalue weighted by Gasteiger charge is -2.37. The SMILES string of the molecule is COCCOCCOCCOCCOCCOC(=O)N[C@H](C(=O)N[C@@H](Cc1ccccc1)[C@H](CN(Cc1ccc(-c2ccccn2)cc1)NC(=O)[C@@H](NC(=O)OC)C(C)(C)C)OC(=O)[C@@H](N)CC(C)C)C(C)(C)C. The summed E-state index contributed by atoms with van der Waals surface area (Å²) in [6.45, 7) is 17.8. The Kier molecular flexibility index (Phi) is 28.1. The van der Waals surface area contributed by atoms with E-state index in [0.29, 0.717) is 52.7 Å². The number of nitrogens with two attached hydrogens (primary N) is 1. The number of carbonyl (C=O) groups excluding carboxylic acids is 5. The highest BCUT2D eigenvalue weighted by molar-refractivity contribution is 5.87. The molecule has 20 heteroatoms. The molecule has 0 aliphatic carbocycles. The number of methoxy groups -OCH3 is 2. The van der Waals surface area contributed by atoms with Crippen molar-refractivity contribution >= 4 is 30.0 Å². The Balaban J connectivity index is 1.90. The van der Waals surface area contributed by atoms with E-state index >= 15 is 0 Å². The van der Waals surface area contributed by atoms with Crippen molar-refractivity contribution in [1.29, 1.82) is 0 Å². The summed E-state index contributed by atoms with van der Waals surface area (Å²) in [5.41, 5.74) is 11.0. The van der Waals surface area contributed by atoms with Crippen molar-refractivity contribution < 1.29 is 61.9 Å². The van der Waals surface area contributed by atoms with Gasteiger partial charge in [-0.15, -0.1) is 0 Å². The first-order valence-corrected chi connectivity index (χ1v) is 25.2. The number of hydrogen-bond acceptors (Lipinski definition) is 16. The zero-order valence-electron chi connectivity index (χ0n) is 45.1. The molecule has 0 saturated heterocycles. The fourth-order valence-corrected chi connectivity index (χ4v) is 7.40. The smallest absolute Gasteiger partial charge is 0.407 e. The van der Waals surface area contributed by atoms with E-state index in [1.807, 2.05) is 86.6 Å². The molecular formula is C54H83N7O13. The number of rotatable bonds is 33. The van der Waals surface area contributed by atoms with E-state index in [1.54, 1.807) is 59.9 Å². The van der Waals surface area contributed by atoms with Crippen molar-refractivity contribution in [2.45, 2.75) is 105 Å². The summed E-state index contributed by atoms with van der Waals surface area (Å²) < 4.78 is 43.5. The van der Waals surface area contributed by atoms with Crippen molar-refractivity contribution in [1.82, 2.24) is 31.4 Å². The first-order chi connectivity index (χ1) is 35.2. The summed E-state index contributed by atoms with van der Waals surface area (Å²) >= 11 is 0. The van der Waals surface area contributed by atoms with Crippen LogP contribution in [0.3, 0.4) is 0 Å². The van der Waals surface area contributed by atoms with Crippen LogP contribution in [0.2, 0.25) is 0 Å². The number of hydrazine groups is 1. The van der Waals surface area contributed by atoms with Crippen molar-refractivity contribution in [2.24, 2.45) is 22.5 Å². The number of esters is 1. The molecule has 0 saturated carbocycles. The molecular weight excluding hydrogens is 955 g/mol.